The van der Waals surface area contributed by atoms with E-state index < -0.39 is 0 Å². The van der Waals surface area contributed by atoms with E-state index in [1.807, 2.05) is 110 Å². The first-order chi connectivity index (χ1) is 45.5. The maximum atomic E-state index is 5.04. The van der Waals surface area contributed by atoms with Crippen LogP contribution < -0.4 is 0 Å². The van der Waals surface area contributed by atoms with Crippen LogP contribution in [0.25, 0.3) is 103 Å². The van der Waals surface area contributed by atoms with Gasteiger partial charge in [0.05, 0.1) is 0 Å². The molecule has 94 heavy (non-hydrogen) atoms. The van der Waals surface area contributed by atoms with Crippen molar-refractivity contribution in [2.45, 2.75) is 50.4 Å². The fourth-order valence-corrected chi connectivity index (χ4v) is 13.3. The van der Waals surface area contributed by atoms with Gasteiger partial charge in [0.2, 0.25) is 0 Å². The first-order valence-electron chi connectivity index (χ1n) is 31.9. The van der Waals surface area contributed by atoms with Gasteiger partial charge in [0.1, 0.15) is 0 Å². The first kappa shape index (κ1) is 64.6. The average Bonchev–Trinajstić information content (AvgIpc) is 0.832. The molecule has 12 aromatic rings. The summed E-state index contributed by atoms with van der Waals surface area (Å²) in [6.45, 7) is 0. The predicted octanol–water partition coefficient (Wildman–Crippen LogP) is 20.4. The first-order valence-corrected chi connectivity index (χ1v) is 31.9. The number of rotatable bonds is 17. The van der Waals surface area contributed by atoms with Gasteiger partial charge in [0.25, 0.3) is 0 Å². The summed E-state index contributed by atoms with van der Waals surface area (Å²) in [5, 5.41) is 0. The van der Waals surface area contributed by atoms with Crippen molar-refractivity contribution in [3.05, 3.63) is 338 Å². The van der Waals surface area contributed by atoms with Crippen LogP contribution in [0, 0.1) is 60.1 Å². The topological polar surface area (TPSA) is 77.3 Å². The van der Waals surface area contributed by atoms with E-state index in [0.717, 1.165) is 117 Å². The zero-order valence-corrected chi connectivity index (χ0v) is 56.6. The van der Waals surface area contributed by atoms with Gasteiger partial charge in [0, 0.05) is 24.8 Å². The Balaban J connectivity index is 0.00000424. The molecule has 2 aliphatic rings. The van der Waals surface area contributed by atoms with Crippen molar-refractivity contribution in [3.63, 3.8) is 0 Å². The molecule has 0 saturated heterocycles. The van der Waals surface area contributed by atoms with Gasteiger partial charge in [-0.1, -0.05) is 144 Å². The maximum Gasteiger partial charge on any atom is 3.00 e. The normalized spacial score (nSPS) is 18.0. The average molecular weight is 1570 g/mol. The maximum absolute atomic E-state index is 5.04. The number of pyridine rings is 6. The molecular formula is C86H66Ir2N6. The van der Waals surface area contributed by atoms with Gasteiger partial charge in [-0.05, 0) is 145 Å². The van der Waals surface area contributed by atoms with E-state index in [0.29, 0.717) is 46.9 Å². The minimum atomic E-state index is 0. The molecule has 5 unspecified atom stereocenters. The summed E-state index contributed by atoms with van der Waals surface area (Å²) in [7, 11) is 0. The van der Waals surface area contributed by atoms with E-state index in [-0.39, 0.29) is 40.2 Å². The summed E-state index contributed by atoms with van der Waals surface area (Å²) in [5.74, 6) is 2.04. The van der Waals surface area contributed by atoms with E-state index in [1.165, 1.54) is 22.3 Å². The van der Waals surface area contributed by atoms with Crippen LogP contribution in [0.1, 0.15) is 83.7 Å². The fraction of sp³-hybridized carbons (Fsp3) is 0.140. The largest absolute Gasteiger partial charge is 3.00 e. The molecule has 0 bridgehead atoms. The van der Waals surface area contributed by atoms with Crippen LogP contribution in [0.15, 0.2) is 268 Å². The molecule has 6 aromatic carbocycles. The molecule has 2 aliphatic carbocycles. The second-order valence-corrected chi connectivity index (χ2v) is 24.2. The minimum Gasteiger partial charge on any atom is -0.357 e. The van der Waals surface area contributed by atoms with E-state index in [4.69, 9.17) is 9.97 Å². The van der Waals surface area contributed by atoms with E-state index in [9.17, 15) is 0 Å². The van der Waals surface area contributed by atoms with Crippen LogP contribution in [-0.2, 0) is 40.2 Å². The number of nitrogens with zero attached hydrogens (tertiary/aromatic N) is 6. The van der Waals surface area contributed by atoms with E-state index in [2.05, 4.69) is 238 Å². The minimum absolute atomic E-state index is 0. The Morgan fingerprint density at radius 3 is 0.840 bits per heavy atom. The molecule has 14 rings (SSSR count). The Hall–Kier alpha value is -9.52. The van der Waals surface area contributed by atoms with Crippen LogP contribution >= 0.6 is 0 Å². The van der Waals surface area contributed by atoms with Crippen LogP contribution in [-0.4, -0.2) is 29.9 Å². The smallest absolute Gasteiger partial charge is 0.357 e. The Kier molecular flexibility index (Phi) is 21.6. The summed E-state index contributed by atoms with van der Waals surface area (Å²) >= 11 is 0. The standard InChI is InChI=1S/C86H66N6.2Ir/c1-3-15-79(75-55-65(25-21-61-29-37-69(38-30-61)81-17-5-9-49-87-81)53-66(56-75)26-22-62-31-39-70(40-32-62)82-18-6-10-50-88-82)77(13-1)73-45-47-85(91-59-73)86-48-46-74(60-92-86)78-14-2-4-16-80(78)76-57-67(27-23-63-33-41-71(42-34-63)83-19-7-11-51-89-83)54-68(58-76)28-24-64-35-43-72(44-36-64)84-20-8-12-52-90-84;;/h1-37,39,41,43,45-46,49-52,59-60,65-68,75-76H,53-58H2;;/q-6;2*+3/b25-21-,26-22-,27-23-,28-24?;;. The van der Waals surface area contributed by atoms with E-state index in [1.54, 1.807) is 0 Å². The van der Waals surface area contributed by atoms with Crippen LogP contribution in [0.4, 0.5) is 0 Å². The van der Waals surface area contributed by atoms with Crippen molar-refractivity contribution in [3.8, 4) is 78.7 Å². The molecule has 458 valence electrons. The van der Waals surface area contributed by atoms with Gasteiger partial charge in [-0.25, -0.2) is 12.1 Å². The van der Waals surface area contributed by atoms with Gasteiger partial charge in [-0.2, -0.15) is 12.1 Å². The third kappa shape index (κ3) is 16.1. The molecule has 0 aliphatic heterocycles. The number of aromatic nitrogens is 6. The third-order valence-electron chi connectivity index (χ3n) is 18.0. The Labute approximate surface area is 580 Å². The molecule has 0 amide bonds. The van der Waals surface area contributed by atoms with Crippen molar-refractivity contribution in [2.24, 2.45) is 23.7 Å². The Morgan fingerprint density at radius 1 is 0.287 bits per heavy atom. The van der Waals surface area contributed by atoms with Gasteiger partial charge >= 0.3 is 40.2 Å². The second kappa shape index (κ2) is 31.4. The van der Waals surface area contributed by atoms with Gasteiger partial charge in [-0.15, -0.1) is 177 Å². The summed E-state index contributed by atoms with van der Waals surface area (Å²) in [4.78, 5) is 28.2. The fourth-order valence-electron chi connectivity index (χ4n) is 13.3. The zero-order valence-electron chi connectivity index (χ0n) is 51.8. The van der Waals surface area contributed by atoms with Gasteiger partial charge in [0.15, 0.2) is 0 Å². The monoisotopic (exact) mass is 1570 g/mol. The summed E-state index contributed by atoms with van der Waals surface area (Å²) in [6.07, 6.45) is 36.3. The molecule has 5 atom stereocenters. The molecule has 0 N–H and O–H groups in total. The van der Waals surface area contributed by atoms with Crippen LogP contribution in [0.2, 0.25) is 0 Å². The molecule has 0 radical (unpaired) electrons. The molecule has 0 spiro atoms. The van der Waals surface area contributed by atoms with Crippen molar-refractivity contribution >= 4 is 24.3 Å². The number of benzene rings is 6. The predicted molar refractivity (Wildman–Crippen MR) is 373 cm³/mol. The molecule has 2 saturated carbocycles. The Bertz CT molecular complexity index is 3990. The molecular weight excluding hydrogens is 1500 g/mol. The molecule has 6 aromatic heterocycles. The molecule has 6 nitrogen and oxygen atoms in total. The number of hydrogen-bond acceptors (Lipinski definition) is 6. The SMILES string of the molecule is [Ir+3].[Ir+3].[c-]1cc(C=CC2CC(/C=C\c3c[c-]c(-c4ccccn4)cc3)CC(c3ccccc3-c3c[c-]c(-c4[c-]cc(-c5ccccc5C5CC(/C=C\c6c[c-]c(-c7ccccn7)cc6)CC(/C=C\c6c[c-]c(-c7ccccn7)cc6)C5)cn4)nc3)C2)ccc1-c1ccccn1. The van der Waals surface area contributed by atoms with Gasteiger partial charge in [-0.3, -0.25) is 0 Å². The number of allylic oxidation sites excluding steroid dienone is 4. The zero-order chi connectivity index (χ0) is 61.7. The molecule has 8 heteroatoms. The van der Waals surface area contributed by atoms with Crippen molar-refractivity contribution < 1.29 is 40.2 Å². The summed E-state index contributed by atoms with van der Waals surface area (Å²) in [5.41, 5.74) is 20.6. The van der Waals surface area contributed by atoms with Crippen LogP contribution in [0.3, 0.4) is 0 Å². The summed E-state index contributed by atoms with van der Waals surface area (Å²) < 4.78 is 0. The molecule has 6 heterocycles. The van der Waals surface area contributed by atoms with E-state index >= 15 is 0 Å². The van der Waals surface area contributed by atoms with Gasteiger partial charge < -0.3 is 29.9 Å². The van der Waals surface area contributed by atoms with Crippen molar-refractivity contribution in [1.82, 2.24) is 29.9 Å². The second-order valence-electron chi connectivity index (χ2n) is 24.2. The molecule has 2 fully saturated rings. The van der Waals surface area contributed by atoms with Crippen LogP contribution in [0.5, 0.6) is 0 Å². The summed E-state index contributed by atoms with van der Waals surface area (Å²) in [6, 6.07) is 92.2. The van der Waals surface area contributed by atoms with Crippen molar-refractivity contribution in [2.75, 3.05) is 0 Å². The number of hydrogen-bond donors (Lipinski definition) is 0. The Morgan fingerprint density at radius 2 is 0.585 bits per heavy atom. The quantitative estimate of drug-likeness (QED) is 0.0846. The van der Waals surface area contributed by atoms with Crippen molar-refractivity contribution in [1.29, 1.82) is 0 Å². The third-order valence-corrected chi connectivity index (χ3v) is 18.0.